The number of H-pyrrole nitrogens is 1. The Morgan fingerprint density at radius 3 is 3.04 bits per heavy atom. The number of aromatic nitrogens is 3. The van der Waals surface area contributed by atoms with Gasteiger partial charge in [0.1, 0.15) is 17.8 Å². The number of hydrogen-bond donors (Lipinski definition) is 2. The standard InChI is InChI=1S/C16H18N4O3S/c1-11(4-5-12-3-2-8-22-12)19-15(21)14-7-6-13(23-14)9-24-16-17-10-18-20-16/h2-3,6-8,10-11H,4-5,9H2,1H3,(H,19,21)(H,17,18,20)/t11-/m0/s1. The van der Waals surface area contributed by atoms with E-state index in [9.17, 15) is 4.79 Å². The Hall–Kier alpha value is -2.48. The first-order valence-electron chi connectivity index (χ1n) is 7.61. The summed E-state index contributed by atoms with van der Waals surface area (Å²) in [5.74, 6) is 2.31. The Balaban J connectivity index is 1.46. The number of nitrogens with zero attached hydrogens (tertiary/aromatic N) is 2. The third-order valence-corrected chi connectivity index (χ3v) is 4.31. The van der Waals surface area contributed by atoms with E-state index in [1.54, 1.807) is 18.4 Å². The molecule has 3 heterocycles. The highest BCUT2D eigenvalue weighted by molar-refractivity contribution is 7.98. The fourth-order valence-corrected chi connectivity index (χ4v) is 2.83. The molecule has 0 aliphatic carbocycles. The van der Waals surface area contributed by atoms with E-state index in [4.69, 9.17) is 8.83 Å². The monoisotopic (exact) mass is 346 g/mol. The molecule has 1 amide bonds. The van der Waals surface area contributed by atoms with Gasteiger partial charge in [-0.25, -0.2) is 4.98 Å². The molecule has 0 saturated heterocycles. The summed E-state index contributed by atoms with van der Waals surface area (Å²) in [6.07, 6.45) is 4.69. The van der Waals surface area contributed by atoms with Crippen LogP contribution in [0.3, 0.4) is 0 Å². The zero-order valence-electron chi connectivity index (χ0n) is 13.2. The molecule has 3 aromatic heterocycles. The van der Waals surface area contributed by atoms with Crippen molar-refractivity contribution >= 4 is 17.7 Å². The summed E-state index contributed by atoms with van der Waals surface area (Å²) in [5.41, 5.74) is 0. The molecule has 0 spiro atoms. The fraction of sp³-hybridized carbons (Fsp3) is 0.312. The van der Waals surface area contributed by atoms with Crippen molar-refractivity contribution in [3.05, 3.63) is 54.1 Å². The maximum atomic E-state index is 12.2. The number of carbonyl (C=O) groups excluding carboxylic acids is 1. The Bertz CT molecular complexity index is 752. The van der Waals surface area contributed by atoms with Gasteiger partial charge in [-0.15, -0.1) is 0 Å². The van der Waals surface area contributed by atoms with Gasteiger partial charge in [-0.05, 0) is 37.6 Å². The normalized spacial score (nSPS) is 12.2. The number of amides is 1. The highest BCUT2D eigenvalue weighted by Crippen LogP contribution is 2.20. The Labute approximate surface area is 143 Å². The number of furan rings is 2. The molecule has 0 bridgehead atoms. The third-order valence-electron chi connectivity index (χ3n) is 3.41. The minimum absolute atomic E-state index is 0.0275. The van der Waals surface area contributed by atoms with Crippen LogP contribution in [0.4, 0.5) is 0 Å². The smallest absolute Gasteiger partial charge is 0.287 e. The summed E-state index contributed by atoms with van der Waals surface area (Å²) in [5, 5.41) is 10.2. The molecule has 1 atom stereocenters. The molecule has 0 radical (unpaired) electrons. The number of carbonyl (C=O) groups is 1. The van der Waals surface area contributed by atoms with Crippen molar-refractivity contribution in [1.82, 2.24) is 20.5 Å². The number of rotatable bonds is 8. The predicted octanol–water partition coefficient (Wildman–Crippen LogP) is 3.03. The van der Waals surface area contributed by atoms with E-state index in [1.165, 1.54) is 18.1 Å². The van der Waals surface area contributed by atoms with Crippen molar-refractivity contribution < 1.29 is 13.6 Å². The maximum absolute atomic E-state index is 12.2. The minimum Gasteiger partial charge on any atom is -0.469 e. The van der Waals surface area contributed by atoms with Gasteiger partial charge in [0.05, 0.1) is 12.0 Å². The average molecular weight is 346 g/mol. The largest absolute Gasteiger partial charge is 0.469 e. The van der Waals surface area contributed by atoms with Crippen LogP contribution in [0.1, 0.15) is 35.4 Å². The fourth-order valence-electron chi connectivity index (χ4n) is 2.16. The summed E-state index contributed by atoms with van der Waals surface area (Å²) in [6.45, 7) is 1.96. The predicted molar refractivity (Wildman–Crippen MR) is 88.6 cm³/mol. The lowest BCUT2D eigenvalue weighted by Crippen LogP contribution is -2.32. The van der Waals surface area contributed by atoms with Gasteiger partial charge >= 0.3 is 0 Å². The van der Waals surface area contributed by atoms with Gasteiger partial charge < -0.3 is 14.2 Å². The summed E-state index contributed by atoms with van der Waals surface area (Å²) in [4.78, 5) is 16.2. The second kappa shape index (κ2) is 7.87. The second-order valence-corrected chi connectivity index (χ2v) is 6.30. The van der Waals surface area contributed by atoms with E-state index in [-0.39, 0.29) is 11.9 Å². The lowest BCUT2D eigenvalue weighted by Gasteiger charge is -2.11. The number of hydrogen-bond acceptors (Lipinski definition) is 6. The van der Waals surface area contributed by atoms with Crippen LogP contribution in [0.5, 0.6) is 0 Å². The van der Waals surface area contributed by atoms with Gasteiger partial charge in [0.2, 0.25) is 0 Å². The van der Waals surface area contributed by atoms with Crippen molar-refractivity contribution in [2.45, 2.75) is 36.7 Å². The molecule has 0 aromatic carbocycles. The number of aryl methyl sites for hydroxylation is 1. The Morgan fingerprint density at radius 2 is 2.29 bits per heavy atom. The van der Waals surface area contributed by atoms with Gasteiger partial charge in [0, 0.05) is 12.5 Å². The van der Waals surface area contributed by atoms with Crippen LogP contribution in [0.15, 0.2) is 50.8 Å². The second-order valence-electron chi connectivity index (χ2n) is 5.34. The topological polar surface area (TPSA) is 97.0 Å². The maximum Gasteiger partial charge on any atom is 0.287 e. The van der Waals surface area contributed by atoms with Gasteiger partial charge in [-0.1, -0.05) is 11.8 Å². The zero-order chi connectivity index (χ0) is 16.8. The van der Waals surface area contributed by atoms with Crippen LogP contribution < -0.4 is 5.32 Å². The molecule has 0 aliphatic heterocycles. The molecule has 0 unspecified atom stereocenters. The lowest BCUT2D eigenvalue weighted by atomic mass is 10.1. The van der Waals surface area contributed by atoms with E-state index in [1.807, 2.05) is 19.1 Å². The van der Waals surface area contributed by atoms with E-state index in [2.05, 4.69) is 20.5 Å². The molecule has 8 heteroatoms. The van der Waals surface area contributed by atoms with Crippen LogP contribution in [0.2, 0.25) is 0 Å². The molecule has 3 aromatic rings. The molecule has 0 fully saturated rings. The highest BCUT2D eigenvalue weighted by Gasteiger charge is 2.14. The number of nitrogens with one attached hydrogen (secondary N) is 2. The zero-order valence-corrected chi connectivity index (χ0v) is 14.0. The summed E-state index contributed by atoms with van der Waals surface area (Å²) in [7, 11) is 0. The van der Waals surface area contributed by atoms with Crippen LogP contribution in [-0.2, 0) is 12.2 Å². The number of aromatic amines is 1. The average Bonchev–Trinajstić information content (AvgIpc) is 3.33. The lowest BCUT2D eigenvalue weighted by molar-refractivity contribution is 0.0908. The minimum atomic E-state index is -0.210. The Kier molecular flexibility index (Phi) is 5.37. The van der Waals surface area contributed by atoms with Gasteiger partial charge in [0.15, 0.2) is 10.9 Å². The summed E-state index contributed by atoms with van der Waals surface area (Å²) < 4.78 is 10.9. The highest BCUT2D eigenvalue weighted by atomic mass is 32.2. The molecule has 24 heavy (non-hydrogen) atoms. The van der Waals surface area contributed by atoms with Gasteiger partial charge in [0.25, 0.3) is 5.91 Å². The molecule has 126 valence electrons. The molecular weight excluding hydrogens is 328 g/mol. The van der Waals surface area contributed by atoms with Crippen molar-refractivity contribution in [3.8, 4) is 0 Å². The Morgan fingerprint density at radius 1 is 1.38 bits per heavy atom. The van der Waals surface area contributed by atoms with E-state index in [0.29, 0.717) is 22.4 Å². The SMILES string of the molecule is C[C@@H](CCc1ccco1)NC(=O)c1ccc(CSc2ncn[nH]2)o1. The molecule has 0 aliphatic rings. The van der Waals surface area contributed by atoms with E-state index in [0.717, 1.165) is 18.6 Å². The first-order chi connectivity index (χ1) is 11.7. The molecule has 7 nitrogen and oxygen atoms in total. The van der Waals surface area contributed by atoms with E-state index < -0.39 is 0 Å². The molecule has 2 N–H and O–H groups in total. The number of thioether (sulfide) groups is 1. The van der Waals surface area contributed by atoms with Crippen LogP contribution in [0, 0.1) is 0 Å². The molecule has 0 saturated carbocycles. The van der Waals surface area contributed by atoms with Crippen LogP contribution in [0.25, 0.3) is 0 Å². The van der Waals surface area contributed by atoms with Crippen molar-refractivity contribution in [1.29, 1.82) is 0 Å². The van der Waals surface area contributed by atoms with Crippen LogP contribution >= 0.6 is 11.8 Å². The van der Waals surface area contributed by atoms with Crippen LogP contribution in [-0.4, -0.2) is 27.1 Å². The quantitative estimate of drug-likeness (QED) is 0.609. The van der Waals surface area contributed by atoms with Crippen molar-refractivity contribution in [2.24, 2.45) is 0 Å². The van der Waals surface area contributed by atoms with Gasteiger partial charge in [-0.3, -0.25) is 9.89 Å². The van der Waals surface area contributed by atoms with Gasteiger partial charge in [-0.2, -0.15) is 5.10 Å². The van der Waals surface area contributed by atoms with E-state index >= 15 is 0 Å². The summed E-state index contributed by atoms with van der Waals surface area (Å²) >= 11 is 1.46. The molecular formula is C16H18N4O3S. The third kappa shape index (κ3) is 4.51. The molecule has 3 rings (SSSR count). The van der Waals surface area contributed by atoms with Crippen molar-refractivity contribution in [2.75, 3.05) is 0 Å². The summed E-state index contributed by atoms with van der Waals surface area (Å²) in [6, 6.07) is 7.30. The first kappa shape index (κ1) is 16.4. The first-order valence-corrected chi connectivity index (χ1v) is 8.59. The van der Waals surface area contributed by atoms with Crippen molar-refractivity contribution in [3.63, 3.8) is 0 Å².